The van der Waals surface area contributed by atoms with Gasteiger partial charge in [0, 0.05) is 31.9 Å². The molecule has 4 rings (SSSR count). The van der Waals surface area contributed by atoms with E-state index < -0.39 is 6.03 Å². The summed E-state index contributed by atoms with van der Waals surface area (Å²) >= 11 is 1.14. The first-order valence-electron chi connectivity index (χ1n) is 9.74. The first-order chi connectivity index (χ1) is 15.0. The number of rotatable bonds is 4. The lowest BCUT2D eigenvalue weighted by molar-refractivity contribution is 0.0520. The van der Waals surface area contributed by atoms with E-state index in [4.69, 9.17) is 4.42 Å². The Labute approximate surface area is 182 Å². The van der Waals surface area contributed by atoms with Crippen molar-refractivity contribution in [2.75, 3.05) is 36.8 Å². The third kappa shape index (κ3) is 4.75. The van der Waals surface area contributed by atoms with E-state index in [-0.39, 0.29) is 11.8 Å². The number of furan rings is 1. The number of nitrogens with one attached hydrogen (secondary N) is 2. The molecule has 0 unspecified atom stereocenters. The fourth-order valence-corrected chi connectivity index (χ4v) is 4.17. The topological polar surface area (TPSA) is 108 Å². The molecule has 1 fully saturated rings. The molecule has 1 aromatic carbocycles. The van der Waals surface area contributed by atoms with Gasteiger partial charge in [-0.1, -0.05) is 29.5 Å². The number of anilines is 2. The maximum absolute atomic E-state index is 13.0. The predicted molar refractivity (Wildman–Crippen MR) is 116 cm³/mol. The molecule has 3 aromatic rings. The van der Waals surface area contributed by atoms with Crippen molar-refractivity contribution in [3.63, 3.8) is 0 Å². The zero-order valence-corrected chi connectivity index (χ0v) is 17.6. The number of hydrogen-bond donors (Lipinski definition) is 2. The average Bonchev–Trinajstić information content (AvgIpc) is 3.43. The summed E-state index contributed by atoms with van der Waals surface area (Å²) in [4.78, 5) is 45.7. The minimum atomic E-state index is -0.427. The molecule has 2 aromatic heterocycles. The van der Waals surface area contributed by atoms with E-state index in [1.54, 1.807) is 41.0 Å². The van der Waals surface area contributed by atoms with E-state index in [2.05, 4.69) is 15.6 Å². The zero-order valence-electron chi connectivity index (χ0n) is 16.8. The molecule has 4 amide bonds. The maximum Gasteiger partial charge on any atom is 0.325 e. The molecule has 9 nitrogen and oxygen atoms in total. The number of piperazine rings is 1. The summed E-state index contributed by atoms with van der Waals surface area (Å²) in [6, 6.07) is 11.9. The molecule has 1 saturated heterocycles. The number of carbonyl (C=O) groups is 3. The van der Waals surface area contributed by atoms with Gasteiger partial charge in [-0.2, -0.15) is 0 Å². The SMILES string of the molecule is Cc1nc(NC(=O)Nc2ccccc2)sc1C(=O)N1CCN(C(=O)c2ccco2)CC1. The Morgan fingerprint density at radius 3 is 2.26 bits per heavy atom. The van der Waals surface area contributed by atoms with Crippen LogP contribution in [-0.2, 0) is 0 Å². The molecule has 1 aliphatic rings. The number of benzene rings is 1. The van der Waals surface area contributed by atoms with Gasteiger partial charge in [-0.05, 0) is 31.2 Å². The van der Waals surface area contributed by atoms with E-state index >= 15 is 0 Å². The zero-order chi connectivity index (χ0) is 21.8. The fraction of sp³-hybridized carbons (Fsp3) is 0.238. The highest BCUT2D eigenvalue weighted by molar-refractivity contribution is 7.17. The Morgan fingerprint density at radius 1 is 0.935 bits per heavy atom. The van der Waals surface area contributed by atoms with Gasteiger partial charge in [-0.25, -0.2) is 9.78 Å². The van der Waals surface area contributed by atoms with E-state index in [1.165, 1.54) is 6.26 Å². The molecule has 0 aliphatic carbocycles. The second-order valence-corrected chi connectivity index (χ2v) is 7.94. The monoisotopic (exact) mass is 439 g/mol. The molecule has 160 valence electrons. The summed E-state index contributed by atoms with van der Waals surface area (Å²) in [5, 5.41) is 5.73. The summed E-state index contributed by atoms with van der Waals surface area (Å²) in [5.74, 6) is -0.0406. The number of amides is 4. The molecule has 2 N–H and O–H groups in total. The highest BCUT2D eigenvalue weighted by Crippen LogP contribution is 2.25. The number of thiazole rings is 1. The first-order valence-corrected chi connectivity index (χ1v) is 10.6. The number of para-hydroxylation sites is 1. The molecular formula is C21H21N5O4S. The van der Waals surface area contributed by atoms with Gasteiger partial charge in [0.25, 0.3) is 11.8 Å². The Balaban J connectivity index is 1.34. The quantitative estimate of drug-likeness (QED) is 0.649. The van der Waals surface area contributed by atoms with Crippen LogP contribution in [0, 0.1) is 6.92 Å². The van der Waals surface area contributed by atoms with Crippen LogP contribution >= 0.6 is 11.3 Å². The predicted octanol–water partition coefficient (Wildman–Crippen LogP) is 3.29. The van der Waals surface area contributed by atoms with Crippen molar-refractivity contribution in [2.45, 2.75) is 6.92 Å². The summed E-state index contributed by atoms with van der Waals surface area (Å²) in [5.41, 5.74) is 1.21. The summed E-state index contributed by atoms with van der Waals surface area (Å²) in [6.45, 7) is 3.42. The third-order valence-corrected chi connectivity index (χ3v) is 5.89. The molecule has 0 spiro atoms. The Hall–Kier alpha value is -3.66. The van der Waals surface area contributed by atoms with Crippen molar-refractivity contribution in [1.82, 2.24) is 14.8 Å². The molecule has 3 heterocycles. The van der Waals surface area contributed by atoms with Gasteiger partial charge in [-0.3, -0.25) is 14.9 Å². The molecule has 1 aliphatic heterocycles. The molecule has 31 heavy (non-hydrogen) atoms. The lowest BCUT2D eigenvalue weighted by atomic mass is 10.2. The second kappa shape index (κ2) is 9.00. The van der Waals surface area contributed by atoms with Gasteiger partial charge < -0.3 is 19.5 Å². The Morgan fingerprint density at radius 2 is 1.61 bits per heavy atom. The van der Waals surface area contributed by atoms with Gasteiger partial charge in [0.15, 0.2) is 10.9 Å². The van der Waals surface area contributed by atoms with Gasteiger partial charge in [0.1, 0.15) is 4.88 Å². The van der Waals surface area contributed by atoms with Crippen LogP contribution in [-0.4, -0.2) is 58.8 Å². The van der Waals surface area contributed by atoms with E-state index in [0.717, 1.165) is 11.3 Å². The van der Waals surface area contributed by atoms with E-state index in [9.17, 15) is 14.4 Å². The van der Waals surface area contributed by atoms with Gasteiger partial charge >= 0.3 is 6.03 Å². The van der Waals surface area contributed by atoms with E-state index in [1.807, 2.05) is 18.2 Å². The average molecular weight is 439 g/mol. The minimum absolute atomic E-state index is 0.156. The van der Waals surface area contributed by atoms with Crippen LogP contribution in [0.1, 0.15) is 25.9 Å². The lowest BCUT2D eigenvalue weighted by Gasteiger charge is -2.34. The molecule has 0 atom stereocenters. The molecule has 0 bridgehead atoms. The standard InChI is InChI=1S/C21H21N5O4S/c1-14-17(31-21(22-14)24-20(29)23-15-6-3-2-4-7-15)19(28)26-11-9-25(10-12-26)18(27)16-8-5-13-30-16/h2-8,13H,9-12H2,1H3,(H2,22,23,24,29). The fourth-order valence-electron chi connectivity index (χ4n) is 3.24. The third-order valence-electron chi connectivity index (χ3n) is 4.83. The van der Waals surface area contributed by atoms with Crippen LogP contribution < -0.4 is 10.6 Å². The molecular weight excluding hydrogens is 418 g/mol. The summed E-state index contributed by atoms with van der Waals surface area (Å²) in [6.07, 6.45) is 1.46. The van der Waals surface area contributed by atoms with Gasteiger partial charge in [0.2, 0.25) is 0 Å². The van der Waals surface area contributed by atoms with Crippen molar-refractivity contribution >= 4 is 40.0 Å². The van der Waals surface area contributed by atoms with E-state index in [0.29, 0.717) is 53.3 Å². The molecule has 0 saturated carbocycles. The number of nitrogens with zero attached hydrogens (tertiary/aromatic N) is 3. The second-order valence-electron chi connectivity index (χ2n) is 6.94. The van der Waals surface area contributed by atoms with Gasteiger partial charge in [0.05, 0.1) is 12.0 Å². The smallest absolute Gasteiger partial charge is 0.325 e. The van der Waals surface area contributed by atoms with Crippen molar-refractivity contribution in [3.8, 4) is 0 Å². The van der Waals surface area contributed by atoms with Crippen molar-refractivity contribution < 1.29 is 18.8 Å². The largest absolute Gasteiger partial charge is 0.459 e. The number of aromatic nitrogens is 1. The van der Waals surface area contributed by atoms with Crippen LogP contribution in [0.15, 0.2) is 53.1 Å². The van der Waals surface area contributed by atoms with Gasteiger partial charge in [-0.15, -0.1) is 0 Å². The highest BCUT2D eigenvalue weighted by atomic mass is 32.1. The number of hydrogen-bond acceptors (Lipinski definition) is 6. The van der Waals surface area contributed by atoms with Crippen LogP contribution in [0.4, 0.5) is 15.6 Å². The number of urea groups is 1. The summed E-state index contributed by atoms with van der Waals surface area (Å²) in [7, 11) is 0. The number of carbonyl (C=O) groups excluding carboxylic acids is 3. The normalized spacial score (nSPS) is 13.7. The van der Waals surface area contributed by atoms with Crippen molar-refractivity contribution in [2.24, 2.45) is 0 Å². The molecule has 0 radical (unpaired) electrons. The van der Waals surface area contributed by atoms with Crippen LogP contribution in [0.5, 0.6) is 0 Å². The van der Waals surface area contributed by atoms with Crippen LogP contribution in [0.3, 0.4) is 0 Å². The lowest BCUT2D eigenvalue weighted by Crippen LogP contribution is -2.50. The number of aryl methyl sites for hydroxylation is 1. The maximum atomic E-state index is 13.0. The van der Waals surface area contributed by atoms with Crippen molar-refractivity contribution in [1.29, 1.82) is 0 Å². The minimum Gasteiger partial charge on any atom is -0.459 e. The van der Waals surface area contributed by atoms with Crippen LogP contribution in [0.2, 0.25) is 0 Å². The van der Waals surface area contributed by atoms with Crippen molar-refractivity contribution in [3.05, 3.63) is 65.1 Å². The highest BCUT2D eigenvalue weighted by Gasteiger charge is 2.28. The summed E-state index contributed by atoms with van der Waals surface area (Å²) < 4.78 is 5.16. The Kier molecular flexibility index (Phi) is 5.99. The van der Waals surface area contributed by atoms with Crippen LogP contribution in [0.25, 0.3) is 0 Å². The molecule has 10 heteroatoms. The first kappa shape index (κ1) is 20.6. The Bertz CT molecular complexity index is 1070.